The second-order valence-corrected chi connectivity index (χ2v) is 7.37. The summed E-state index contributed by atoms with van der Waals surface area (Å²) in [4.78, 5) is 19.1. The summed E-state index contributed by atoms with van der Waals surface area (Å²) < 4.78 is 35.6. The number of halogens is 2. The lowest BCUT2D eigenvalue weighted by molar-refractivity contribution is -0.0494. The van der Waals surface area contributed by atoms with E-state index in [0.29, 0.717) is 40.9 Å². The third-order valence-electron chi connectivity index (χ3n) is 4.03. The number of rotatable bonds is 9. The molecule has 0 spiro atoms. The van der Waals surface area contributed by atoms with Crippen LogP contribution in [0.15, 0.2) is 53.9 Å². The molecule has 0 aliphatic carbocycles. The highest BCUT2D eigenvalue weighted by Gasteiger charge is 2.17. The maximum Gasteiger partial charge on any atom is 0.387 e. The van der Waals surface area contributed by atoms with E-state index in [1.54, 1.807) is 47.8 Å². The number of carbonyl (C=O) groups is 1. The highest BCUT2D eigenvalue weighted by atomic mass is 32.1. The summed E-state index contributed by atoms with van der Waals surface area (Å²) in [6, 6.07) is 13.3. The lowest BCUT2D eigenvalue weighted by Crippen LogP contribution is -2.20. The second kappa shape index (κ2) is 10.1. The van der Waals surface area contributed by atoms with Gasteiger partial charge in [-0.3, -0.25) is 10.1 Å². The minimum atomic E-state index is -2.94. The SMILES string of the molecule is CN(C)CCOc1ccccc1C(=O)Nc1nc(-c2ccccc2OC(F)F)cs1. The third-order valence-corrected chi connectivity index (χ3v) is 4.79. The number of thiazole rings is 1. The van der Waals surface area contributed by atoms with Gasteiger partial charge in [-0.2, -0.15) is 8.78 Å². The Bertz CT molecular complexity index is 995. The summed E-state index contributed by atoms with van der Waals surface area (Å²) in [6.07, 6.45) is 0. The fraction of sp³-hybridized carbons (Fsp3) is 0.238. The molecule has 0 bridgehead atoms. The van der Waals surface area contributed by atoms with Crippen molar-refractivity contribution in [1.82, 2.24) is 9.88 Å². The van der Waals surface area contributed by atoms with Gasteiger partial charge in [0.1, 0.15) is 18.1 Å². The van der Waals surface area contributed by atoms with E-state index in [9.17, 15) is 13.6 Å². The van der Waals surface area contributed by atoms with Crippen LogP contribution in [-0.2, 0) is 0 Å². The molecular weight excluding hydrogens is 412 g/mol. The number of carbonyl (C=O) groups excluding carboxylic acids is 1. The summed E-state index contributed by atoms with van der Waals surface area (Å²) in [5.74, 6) is 0.132. The van der Waals surface area contributed by atoms with Crippen LogP contribution in [0.2, 0.25) is 0 Å². The van der Waals surface area contributed by atoms with Gasteiger partial charge < -0.3 is 14.4 Å². The average molecular weight is 433 g/mol. The van der Waals surface area contributed by atoms with Crippen molar-refractivity contribution in [1.29, 1.82) is 0 Å². The molecule has 30 heavy (non-hydrogen) atoms. The van der Waals surface area contributed by atoms with Crippen LogP contribution < -0.4 is 14.8 Å². The number of nitrogens with zero attached hydrogens (tertiary/aromatic N) is 2. The van der Waals surface area contributed by atoms with Gasteiger partial charge in [-0.15, -0.1) is 11.3 Å². The predicted molar refractivity (Wildman–Crippen MR) is 113 cm³/mol. The Morgan fingerprint density at radius 1 is 1.13 bits per heavy atom. The number of benzene rings is 2. The third kappa shape index (κ3) is 5.74. The first-order chi connectivity index (χ1) is 14.4. The van der Waals surface area contributed by atoms with Crippen molar-refractivity contribution < 1.29 is 23.0 Å². The number of anilines is 1. The van der Waals surface area contributed by atoms with Gasteiger partial charge in [-0.05, 0) is 38.4 Å². The zero-order valence-corrected chi connectivity index (χ0v) is 17.3. The zero-order chi connectivity index (χ0) is 21.5. The van der Waals surface area contributed by atoms with Crippen molar-refractivity contribution in [2.45, 2.75) is 6.61 Å². The standard InChI is InChI=1S/C21H21F2N3O3S/c1-26(2)11-12-28-17-9-5-4-8-15(17)19(27)25-21-24-16(13-30-21)14-7-3-6-10-18(14)29-20(22)23/h3-10,13,20H,11-12H2,1-2H3,(H,24,25,27). The number of nitrogens with one attached hydrogen (secondary N) is 1. The largest absolute Gasteiger partial charge is 0.491 e. The van der Waals surface area contributed by atoms with Crippen molar-refractivity contribution in [3.05, 3.63) is 59.5 Å². The molecule has 0 aliphatic heterocycles. The van der Waals surface area contributed by atoms with Crippen molar-refractivity contribution in [3.63, 3.8) is 0 Å². The van der Waals surface area contributed by atoms with Gasteiger partial charge in [0.25, 0.3) is 5.91 Å². The van der Waals surface area contributed by atoms with E-state index >= 15 is 0 Å². The summed E-state index contributed by atoms with van der Waals surface area (Å²) in [6.45, 7) is -1.78. The molecule has 0 unspecified atom stereocenters. The van der Waals surface area contributed by atoms with E-state index in [1.165, 1.54) is 17.4 Å². The smallest absolute Gasteiger partial charge is 0.387 e. The number of hydrogen-bond acceptors (Lipinski definition) is 6. The molecule has 1 aromatic heterocycles. The van der Waals surface area contributed by atoms with E-state index in [2.05, 4.69) is 15.0 Å². The van der Waals surface area contributed by atoms with Crippen LogP contribution >= 0.6 is 11.3 Å². The van der Waals surface area contributed by atoms with E-state index in [-0.39, 0.29) is 11.7 Å². The predicted octanol–water partition coefficient (Wildman–Crippen LogP) is 4.60. The Labute approximate surface area is 177 Å². The first kappa shape index (κ1) is 21.7. The van der Waals surface area contributed by atoms with Gasteiger partial charge in [0.15, 0.2) is 5.13 Å². The quantitative estimate of drug-likeness (QED) is 0.534. The molecule has 1 N–H and O–H groups in total. The maximum absolute atomic E-state index is 12.7. The van der Waals surface area contributed by atoms with Crippen molar-refractivity contribution in [3.8, 4) is 22.8 Å². The first-order valence-corrected chi connectivity index (χ1v) is 9.99. The van der Waals surface area contributed by atoms with Crippen LogP contribution in [0.3, 0.4) is 0 Å². The molecule has 0 fully saturated rings. The molecule has 0 saturated heterocycles. The topological polar surface area (TPSA) is 63.7 Å². The fourth-order valence-corrected chi connectivity index (χ4v) is 3.32. The molecule has 0 saturated carbocycles. The van der Waals surface area contributed by atoms with E-state index in [0.717, 1.165) is 0 Å². The monoisotopic (exact) mass is 433 g/mol. The molecule has 3 rings (SSSR count). The van der Waals surface area contributed by atoms with Gasteiger partial charge in [-0.25, -0.2) is 4.98 Å². The Morgan fingerprint density at radius 3 is 2.57 bits per heavy atom. The molecule has 0 atom stereocenters. The molecule has 1 heterocycles. The van der Waals surface area contributed by atoms with Crippen LogP contribution in [0, 0.1) is 0 Å². The van der Waals surface area contributed by atoms with Gasteiger partial charge in [-0.1, -0.05) is 24.3 Å². The number of likely N-dealkylation sites (N-methyl/N-ethyl adjacent to an activating group) is 1. The number of aromatic nitrogens is 1. The zero-order valence-electron chi connectivity index (χ0n) is 16.5. The second-order valence-electron chi connectivity index (χ2n) is 6.51. The Balaban J connectivity index is 1.74. The molecule has 6 nitrogen and oxygen atoms in total. The number of amides is 1. The normalized spacial score (nSPS) is 11.0. The number of ether oxygens (including phenoxy) is 2. The molecule has 9 heteroatoms. The van der Waals surface area contributed by atoms with Gasteiger partial charge in [0.05, 0.1) is 11.3 Å². The van der Waals surface area contributed by atoms with Gasteiger partial charge in [0, 0.05) is 17.5 Å². The Hall–Kier alpha value is -3.04. The van der Waals surface area contributed by atoms with Gasteiger partial charge in [0.2, 0.25) is 0 Å². The molecule has 0 aliphatic rings. The minimum absolute atomic E-state index is 0.0234. The number of hydrogen-bond donors (Lipinski definition) is 1. The first-order valence-electron chi connectivity index (χ1n) is 9.11. The Kier molecular flexibility index (Phi) is 7.31. The number of alkyl halides is 2. The lowest BCUT2D eigenvalue weighted by Gasteiger charge is -2.13. The Morgan fingerprint density at radius 2 is 1.83 bits per heavy atom. The molecule has 3 aromatic rings. The van der Waals surface area contributed by atoms with Crippen LogP contribution in [0.25, 0.3) is 11.3 Å². The van der Waals surface area contributed by atoms with Crippen LogP contribution in [0.5, 0.6) is 11.5 Å². The van der Waals surface area contributed by atoms with Crippen LogP contribution in [0.4, 0.5) is 13.9 Å². The minimum Gasteiger partial charge on any atom is -0.491 e. The van der Waals surface area contributed by atoms with Crippen LogP contribution in [-0.4, -0.2) is 49.6 Å². The van der Waals surface area contributed by atoms with Crippen LogP contribution in [0.1, 0.15) is 10.4 Å². The lowest BCUT2D eigenvalue weighted by atomic mass is 10.1. The highest BCUT2D eigenvalue weighted by molar-refractivity contribution is 7.14. The van der Waals surface area contributed by atoms with Gasteiger partial charge >= 0.3 is 6.61 Å². The molecule has 0 radical (unpaired) electrons. The maximum atomic E-state index is 12.7. The summed E-state index contributed by atoms with van der Waals surface area (Å²) in [5, 5.41) is 4.74. The molecule has 1 amide bonds. The van der Waals surface area contributed by atoms with E-state index < -0.39 is 6.61 Å². The summed E-state index contributed by atoms with van der Waals surface area (Å²) in [5.41, 5.74) is 1.23. The highest BCUT2D eigenvalue weighted by Crippen LogP contribution is 2.33. The van der Waals surface area contributed by atoms with Crippen molar-refractivity contribution >= 4 is 22.4 Å². The van der Waals surface area contributed by atoms with E-state index in [4.69, 9.17) is 4.74 Å². The molecule has 158 valence electrons. The average Bonchev–Trinajstić information content (AvgIpc) is 3.16. The summed E-state index contributed by atoms with van der Waals surface area (Å²) >= 11 is 1.19. The fourth-order valence-electron chi connectivity index (χ4n) is 2.61. The van der Waals surface area contributed by atoms with Crippen molar-refractivity contribution in [2.75, 3.05) is 32.6 Å². The molecule has 2 aromatic carbocycles. The summed E-state index contributed by atoms with van der Waals surface area (Å²) in [7, 11) is 3.87. The van der Waals surface area contributed by atoms with Crippen molar-refractivity contribution in [2.24, 2.45) is 0 Å². The number of para-hydroxylation sites is 2. The molecular formula is C21H21F2N3O3S. The van der Waals surface area contributed by atoms with E-state index in [1.807, 2.05) is 19.0 Å².